The van der Waals surface area contributed by atoms with Crippen molar-refractivity contribution in [2.24, 2.45) is 0 Å². The van der Waals surface area contributed by atoms with E-state index in [1.54, 1.807) is 0 Å². The maximum Gasteiger partial charge on any atom is 0.0860 e. The molecular formula is C4H4N2. The Kier molecular flexibility index (Phi) is 0.422. The molecule has 0 aromatic carbocycles. The first-order valence-electron chi connectivity index (χ1n) is 2.55. The van der Waals surface area contributed by atoms with E-state index in [-0.39, 0.29) is 12.2 Å². The number of hydrogen-bond donors (Lipinski definition) is 0. The summed E-state index contributed by atoms with van der Waals surface area (Å²) in [6, 6.07) is 1.55. The van der Waals surface area contributed by atoms with Crippen LogP contribution in [0.2, 0.25) is 0 Å². The van der Waals surface area contributed by atoms with E-state index in [0.717, 1.165) is 0 Å². The lowest BCUT2D eigenvalue weighted by Gasteiger charge is -1.69. The zero-order chi connectivity index (χ0) is 5.98. The van der Waals surface area contributed by atoms with Gasteiger partial charge in [-0.25, -0.2) is 0 Å². The first kappa shape index (κ1) is 1.69. The average Bonchev–Trinajstić information content (AvgIpc) is 1.64. The van der Waals surface area contributed by atoms with E-state index < -0.39 is 0 Å². The molecule has 2 nitrogen and oxygen atoms in total. The summed E-state index contributed by atoms with van der Waals surface area (Å²) < 4.78 is 13.8. The molecule has 0 N–H and O–H groups in total. The molecule has 0 radical (unpaired) electrons. The predicted molar refractivity (Wildman–Crippen MR) is 22.0 cm³/mol. The lowest BCUT2D eigenvalue weighted by molar-refractivity contribution is 1.03. The number of rotatable bonds is 0. The summed E-state index contributed by atoms with van der Waals surface area (Å²) in [7, 11) is 0. The molecule has 0 aliphatic heterocycles. The predicted octanol–water partition coefficient (Wildman–Crippen LogP) is 0.477. The highest BCUT2D eigenvalue weighted by Crippen LogP contribution is 1.68. The van der Waals surface area contributed by atoms with Crippen molar-refractivity contribution in [3.05, 3.63) is 24.5 Å². The highest BCUT2D eigenvalue weighted by molar-refractivity contribution is 4.79. The second kappa shape index (κ2) is 1.50. The van der Waals surface area contributed by atoms with E-state index >= 15 is 0 Å². The Bertz CT molecular complexity index is 172. The zero-order valence-corrected chi connectivity index (χ0v) is 3.05. The van der Waals surface area contributed by atoms with Crippen LogP contribution in [0.5, 0.6) is 0 Å². The van der Waals surface area contributed by atoms with Gasteiger partial charge in [0.25, 0.3) is 0 Å². The van der Waals surface area contributed by atoms with Gasteiger partial charge >= 0.3 is 0 Å². The average molecular weight is 82.1 g/mol. The summed E-state index contributed by atoms with van der Waals surface area (Å²) in [5, 5.41) is 6.70. The third-order valence-electron chi connectivity index (χ3n) is 0.396. The largest absolute Gasteiger partial charge is 0.159 e. The smallest absolute Gasteiger partial charge is 0.0860 e. The number of aromatic nitrogens is 2. The van der Waals surface area contributed by atoms with Gasteiger partial charge in [-0.15, -0.1) is 0 Å². The van der Waals surface area contributed by atoms with Crippen LogP contribution in [-0.2, 0) is 0 Å². The number of nitrogens with zero attached hydrogens (tertiary/aromatic N) is 2. The Hall–Kier alpha value is -0.920. The third-order valence-corrected chi connectivity index (χ3v) is 0.396. The quantitative estimate of drug-likeness (QED) is 0.455. The van der Waals surface area contributed by atoms with Gasteiger partial charge in [-0.05, 0) is 12.1 Å². The Balaban J connectivity index is 3.08. The van der Waals surface area contributed by atoms with Gasteiger partial charge in [-0.2, -0.15) is 10.2 Å². The Morgan fingerprint density at radius 1 is 1.50 bits per heavy atom. The van der Waals surface area contributed by atoms with Crippen molar-refractivity contribution in [2.75, 3.05) is 0 Å². The van der Waals surface area contributed by atoms with Crippen molar-refractivity contribution >= 4 is 0 Å². The molecule has 0 saturated carbocycles. The SMILES string of the molecule is [2H]c1cnnc([2H])c1. The molecule has 0 spiro atoms. The van der Waals surface area contributed by atoms with Gasteiger partial charge in [-0.1, -0.05) is 0 Å². The maximum atomic E-state index is 6.91. The molecule has 30 valence electrons. The molecule has 6 heavy (non-hydrogen) atoms. The van der Waals surface area contributed by atoms with Crippen LogP contribution in [0.25, 0.3) is 0 Å². The van der Waals surface area contributed by atoms with E-state index in [9.17, 15) is 0 Å². The first-order valence-corrected chi connectivity index (χ1v) is 1.55. The summed E-state index contributed by atoms with van der Waals surface area (Å²) >= 11 is 0. The lowest BCUT2D eigenvalue weighted by atomic mass is 10.6. The van der Waals surface area contributed by atoms with Gasteiger partial charge in [-0.3, -0.25) is 0 Å². The molecule has 1 aromatic rings. The summed E-state index contributed by atoms with van der Waals surface area (Å²) in [5.74, 6) is 0. The fourth-order valence-corrected chi connectivity index (χ4v) is 0.199. The van der Waals surface area contributed by atoms with Crippen LogP contribution < -0.4 is 0 Å². The van der Waals surface area contributed by atoms with Gasteiger partial charge < -0.3 is 0 Å². The van der Waals surface area contributed by atoms with Crippen molar-refractivity contribution in [1.82, 2.24) is 10.2 Å². The van der Waals surface area contributed by atoms with Crippen LogP contribution in [0.15, 0.2) is 24.5 Å². The maximum absolute atomic E-state index is 6.91. The molecule has 0 atom stereocenters. The Morgan fingerprint density at radius 2 is 2.50 bits per heavy atom. The molecule has 0 saturated heterocycles. The first-order chi connectivity index (χ1) is 3.79. The molecular weight excluding hydrogens is 76.1 g/mol. The molecule has 0 aliphatic rings. The second-order valence-electron chi connectivity index (χ2n) is 0.785. The number of hydrogen-bond acceptors (Lipinski definition) is 2. The van der Waals surface area contributed by atoms with Gasteiger partial charge in [0.1, 0.15) is 0 Å². The van der Waals surface area contributed by atoms with Gasteiger partial charge in [0.15, 0.2) is 0 Å². The summed E-state index contributed by atoms with van der Waals surface area (Å²) in [4.78, 5) is 0. The highest BCUT2D eigenvalue weighted by Gasteiger charge is 1.59. The lowest BCUT2D eigenvalue weighted by Crippen LogP contribution is -1.69. The fraction of sp³-hybridized carbons (Fsp3) is 0. The molecule has 0 amide bonds. The van der Waals surface area contributed by atoms with Crippen LogP contribution >= 0.6 is 0 Å². The standard InChI is InChI=1S/C4H4N2/c1-2-4-6-5-3-1/h1-4H/i1D,4D. The normalized spacial score (nSPS) is 12.7. The van der Waals surface area contributed by atoms with Crippen LogP contribution in [0.4, 0.5) is 0 Å². The second-order valence-corrected chi connectivity index (χ2v) is 0.785. The molecule has 0 unspecified atom stereocenters. The summed E-state index contributed by atoms with van der Waals surface area (Å²) in [5.41, 5.74) is 0. The molecule has 0 aliphatic carbocycles. The van der Waals surface area contributed by atoms with E-state index in [2.05, 4.69) is 10.2 Å². The van der Waals surface area contributed by atoms with Crippen molar-refractivity contribution in [1.29, 1.82) is 0 Å². The van der Waals surface area contributed by atoms with Crippen LogP contribution in [0, 0.1) is 0 Å². The minimum Gasteiger partial charge on any atom is -0.159 e. The van der Waals surface area contributed by atoms with E-state index in [1.807, 2.05) is 0 Å². The van der Waals surface area contributed by atoms with E-state index in [4.69, 9.17) is 2.74 Å². The minimum absolute atomic E-state index is 0.0394. The summed E-state index contributed by atoms with van der Waals surface area (Å²) in [6.07, 6.45) is 1.33. The molecule has 1 rings (SSSR count). The van der Waals surface area contributed by atoms with Crippen molar-refractivity contribution in [3.63, 3.8) is 0 Å². The van der Waals surface area contributed by atoms with E-state index in [1.165, 1.54) is 12.3 Å². The Labute approximate surface area is 38.6 Å². The molecule has 2 heteroatoms. The van der Waals surface area contributed by atoms with Gasteiger partial charge in [0, 0.05) is 12.4 Å². The zero-order valence-electron chi connectivity index (χ0n) is 5.05. The van der Waals surface area contributed by atoms with Crippen molar-refractivity contribution < 1.29 is 2.74 Å². The Morgan fingerprint density at radius 3 is 3.00 bits per heavy atom. The minimum atomic E-state index is 0.0394. The van der Waals surface area contributed by atoms with E-state index in [0.29, 0.717) is 0 Å². The van der Waals surface area contributed by atoms with Crippen LogP contribution in [0.3, 0.4) is 0 Å². The molecule has 0 fully saturated rings. The monoisotopic (exact) mass is 82.1 g/mol. The van der Waals surface area contributed by atoms with Crippen LogP contribution in [-0.4, -0.2) is 10.2 Å². The molecule has 0 bridgehead atoms. The third kappa shape index (κ3) is 0.516. The van der Waals surface area contributed by atoms with Crippen molar-refractivity contribution in [3.8, 4) is 0 Å². The topological polar surface area (TPSA) is 25.8 Å². The highest BCUT2D eigenvalue weighted by atomic mass is 15.1. The van der Waals surface area contributed by atoms with Crippen molar-refractivity contribution in [2.45, 2.75) is 0 Å². The summed E-state index contributed by atoms with van der Waals surface area (Å²) in [6.45, 7) is 0. The van der Waals surface area contributed by atoms with Crippen LogP contribution in [0.1, 0.15) is 2.74 Å². The molecule has 1 aromatic heterocycles. The van der Waals surface area contributed by atoms with Gasteiger partial charge in [0.05, 0.1) is 2.74 Å². The fourth-order valence-electron chi connectivity index (χ4n) is 0.199. The molecule has 1 heterocycles. The van der Waals surface area contributed by atoms with Gasteiger partial charge in [0.2, 0.25) is 0 Å².